The Bertz CT molecular complexity index is 440. The van der Waals surface area contributed by atoms with Gasteiger partial charge in [0.15, 0.2) is 10.7 Å². The maximum absolute atomic E-state index is 11.7. The molecule has 6 nitrogen and oxygen atoms in total. The summed E-state index contributed by atoms with van der Waals surface area (Å²) in [6, 6.07) is 0. The van der Waals surface area contributed by atoms with Crippen molar-refractivity contribution < 1.29 is 19.4 Å². The molecule has 0 spiro atoms. The fraction of sp³-hybridized carbons (Fsp3) is 0.545. The van der Waals surface area contributed by atoms with E-state index in [2.05, 4.69) is 10.3 Å². The Morgan fingerprint density at radius 2 is 2.44 bits per heavy atom. The molecule has 7 heteroatoms. The summed E-state index contributed by atoms with van der Waals surface area (Å²) in [7, 11) is 0. The molecule has 0 aromatic carbocycles. The van der Waals surface area contributed by atoms with Crippen molar-refractivity contribution in [3.8, 4) is 0 Å². The van der Waals surface area contributed by atoms with Crippen LogP contribution in [0, 0.1) is 0 Å². The second kappa shape index (κ2) is 5.92. The van der Waals surface area contributed by atoms with Gasteiger partial charge in [-0.05, 0) is 19.3 Å². The van der Waals surface area contributed by atoms with E-state index in [4.69, 9.17) is 9.84 Å². The number of carboxylic acids is 1. The minimum absolute atomic E-state index is 0.0933. The molecule has 98 valence electrons. The van der Waals surface area contributed by atoms with Crippen molar-refractivity contribution in [2.45, 2.75) is 25.4 Å². The zero-order valence-electron chi connectivity index (χ0n) is 9.72. The molecule has 1 saturated heterocycles. The molecule has 1 fully saturated rings. The van der Waals surface area contributed by atoms with Crippen LogP contribution in [0.1, 0.15) is 39.6 Å². The normalized spacial score (nSPS) is 18.8. The molecule has 1 aliphatic heterocycles. The SMILES string of the molecule is O=C(O)c1csc(C(=O)NCCC2CCCO2)n1. The summed E-state index contributed by atoms with van der Waals surface area (Å²) in [5.74, 6) is -1.45. The number of nitrogens with zero attached hydrogens (tertiary/aromatic N) is 1. The second-order valence-corrected chi connectivity index (χ2v) is 4.88. The van der Waals surface area contributed by atoms with Gasteiger partial charge in [0.1, 0.15) is 0 Å². The summed E-state index contributed by atoms with van der Waals surface area (Å²) < 4.78 is 5.43. The lowest BCUT2D eigenvalue weighted by Gasteiger charge is -2.08. The highest BCUT2D eigenvalue weighted by Gasteiger charge is 2.17. The number of amides is 1. The van der Waals surface area contributed by atoms with E-state index in [1.807, 2.05) is 0 Å². The van der Waals surface area contributed by atoms with Gasteiger partial charge in [0, 0.05) is 18.5 Å². The molecule has 1 aromatic rings. The monoisotopic (exact) mass is 270 g/mol. The molecule has 0 aliphatic carbocycles. The molecule has 1 aliphatic rings. The van der Waals surface area contributed by atoms with Gasteiger partial charge in [-0.1, -0.05) is 0 Å². The number of carbonyl (C=O) groups excluding carboxylic acids is 1. The van der Waals surface area contributed by atoms with E-state index < -0.39 is 5.97 Å². The minimum Gasteiger partial charge on any atom is -0.476 e. The van der Waals surface area contributed by atoms with Crippen molar-refractivity contribution in [1.29, 1.82) is 0 Å². The summed E-state index contributed by atoms with van der Waals surface area (Å²) in [5, 5.41) is 12.9. The summed E-state index contributed by atoms with van der Waals surface area (Å²) in [4.78, 5) is 26.0. The van der Waals surface area contributed by atoms with Crippen LogP contribution in [-0.2, 0) is 4.74 Å². The van der Waals surface area contributed by atoms with E-state index in [-0.39, 0.29) is 22.7 Å². The van der Waals surface area contributed by atoms with E-state index >= 15 is 0 Å². The lowest BCUT2D eigenvalue weighted by Crippen LogP contribution is -2.27. The van der Waals surface area contributed by atoms with Crippen molar-refractivity contribution >= 4 is 23.2 Å². The average molecular weight is 270 g/mol. The van der Waals surface area contributed by atoms with Crippen LogP contribution in [-0.4, -0.2) is 41.2 Å². The van der Waals surface area contributed by atoms with Crippen LogP contribution in [0.4, 0.5) is 0 Å². The van der Waals surface area contributed by atoms with E-state index in [1.165, 1.54) is 5.38 Å². The smallest absolute Gasteiger partial charge is 0.355 e. The number of nitrogens with one attached hydrogen (secondary N) is 1. The van der Waals surface area contributed by atoms with E-state index in [0.29, 0.717) is 6.54 Å². The van der Waals surface area contributed by atoms with Crippen molar-refractivity contribution in [2.24, 2.45) is 0 Å². The zero-order chi connectivity index (χ0) is 13.0. The van der Waals surface area contributed by atoms with Crippen LogP contribution in [0.25, 0.3) is 0 Å². The topological polar surface area (TPSA) is 88.5 Å². The Hall–Kier alpha value is -1.47. The average Bonchev–Trinajstić information content (AvgIpc) is 2.99. The van der Waals surface area contributed by atoms with Crippen molar-refractivity contribution in [3.05, 3.63) is 16.1 Å². The van der Waals surface area contributed by atoms with Gasteiger partial charge in [-0.25, -0.2) is 9.78 Å². The number of thiazole rings is 1. The molecule has 1 aromatic heterocycles. The van der Waals surface area contributed by atoms with Crippen molar-refractivity contribution in [3.63, 3.8) is 0 Å². The lowest BCUT2D eigenvalue weighted by molar-refractivity contribution is 0.0691. The van der Waals surface area contributed by atoms with E-state index in [1.54, 1.807) is 0 Å². The molecule has 2 rings (SSSR count). The first-order chi connectivity index (χ1) is 8.66. The fourth-order valence-electron chi connectivity index (χ4n) is 1.77. The number of carbonyl (C=O) groups is 2. The molecule has 2 heterocycles. The number of aromatic carboxylic acids is 1. The summed E-state index contributed by atoms with van der Waals surface area (Å²) in [6.45, 7) is 1.32. The molecule has 18 heavy (non-hydrogen) atoms. The molecule has 1 amide bonds. The first-order valence-corrected chi connectivity index (χ1v) is 6.63. The van der Waals surface area contributed by atoms with Crippen LogP contribution in [0.15, 0.2) is 5.38 Å². The molecule has 1 unspecified atom stereocenters. The van der Waals surface area contributed by atoms with Crippen molar-refractivity contribution in [2.75, 3.05) is 13.2 Å². The molecule has 0 bridgehead atoms. The quantitative estimate of drug-likeness (QED) is 0.837. The van der Waals surface area contributed by atoms with Crippen LogP contribution in [0.2, 0.25) is 0 Å². The van der Waals surface area contributed by atoms with Gasteiger partial charge in [0.25, 0.3) is 5.91 Å². The number of rotatable bonds is 5. The third kappa shape index (κ3) is 3.27. The minimum atomic E-state index is -1.12. The molecular formula is C11H14N2O4S. The summed E-state index contributed by atoms with van der Waals surface area (Å²) >= 11 is 1.03. The van der Waals surface area contributed by atoms with Crippen LogP contribution >= 0.6 is 11.3 Å². The van der Waals surface area contributed by atoms with Gasteiger partial charge in [0.2, 0.25) is 0 Å². The highest BCUT2D eigenvalue weighted by molar-refractivity contribution is 7.11. The van der Waals surface area contributed by atoms with Crippen molar-refractivity contribution in [1.82, 2.24) is 10.3 Å². The molecular weight excluding hydrogens is 256 g/mol. The molecule has 1 atom stereocenters. The van der Waals surface area contributed by atoms with E-state index in [9.17, 15) is 9.59 Å². The maximum Gasteiger partial charge on any atom is 0.355 e. The second-order valence-electron chi connectivity index (χ2n) is 4.02. The third-order valence-corrected chi connectivity index (χ3v) is 3.53. The van der Waals surface area contributed by atoms with Crippen LogP contribution in [0.3, 0.4) is 0 Å². The highest BCUT2D eigenvalue weighted by Crippen LogP contribution is 2.14. The Balaban J connectivity index is 1.77. The largest absolute Gasteiger partial charge is 0.476 e. The Morgan fingerprint density at radius 3 is 3.06 bits per heavy atom. The third-order valence-electron chi connectivity index (χ3n) is 2.69. The van der Waals surface area contributed by atoms with Gasteiger partial charge < -0.3 is 15.2 Å². The van der Waals surface area contributed by atoms with E-state index in [0.717, 1.165) is 37.2 Å². The highest BCUT2D eigenvalue weighted by atomic mass is 32.1. The predicted octanol–water partition coefficient (Wildman–Crippen LogP) is 1.14. The molecule has 0 saturated carbocycles. The number of hydrogen-bond acceptors (Lipinski definition) is 5. The van der Waals surface area contributed by atoms with Gasteiger partial charge >= 0.3 is 5.97 Å². The maximum atomic E-state index is 11.7. The number of ether oxygens (including phenoxy) is 1. The lowest BCUT2D eigenvalue weighted by atomic mass is 10.2. The van der Waals surface area contributed by atoms with Crippen LogP contribution < -0.4 is 5.32 Å². The number of aromatic nitrogens is 1. The summed E-state index contributed by atoms with van der Waals surface area (Å²) in [6.07, 6.45) is 3.13. The van der Waals surface area contributed by atoms with Gasteiger partial charge in [-0.3, -0.25) is 4.79 Å². The first-order valence-electron chi connectivity index (χ1n) is 5.75. The molecule has 0 radical (unpaired) electrons. The Morgan fingerprint density at radius 1 is 1.61 bits per heavy atom. The molecule has 2 N–H and O–H groups in total. The zero-order valence-corrected chi connectivity index (χ0v) is 10.5. The standard InChI is InChI=1S/C11H14N2O4S/c14-9(10-13-8(6-18-10)11(15)16)12-4-3-7-2-1-5-17-7/h6-7H,1-5H2,(H,12,14)(H,15,16). The first kappa shape index (κ1) is 13.0. The Labute approximate surface area is 108 Å². The predicted molar refractivity (Wildman–Crippen MR) is 65.0 cm³/mol. The van der Waals surface area contributed by atoms with Crippen LogP contribution in [0.5, 0.6) is 0 Å². The number of hydrogen-bond donors (Lipinski definition) is 2. The van der Waals surface area contributed by atoms with Gasteiger partial charge in [-0.2, -0.15) is 0 Å². The fourth-order valence-corrected chi connectivity index (χ4v) is 2.48. The number of carboxylic acid groups (broad SMARTS) is 1. The Kier molecular flexibility index (Phi) is 4.27. The summed E-state index contributed by atoms with van der Waals surface area (Å²) in [5.41, 5.74) is -0.0933. The van der Waals surface area contributed by atoms with Gasteiger partial charge in [-0.15, -0.1) is 11.3 Å². The van der Waals surface area contributed by atoms with Gasteiger partial charge in [0.05, 0.1) is 6.10 Å².